The number of hydrogen-bond acceptors (Lipinski definition) is 6. The third kappa shape index (κ3) is 3.78. The minimum absolute atomic E-state index is 0.0579. The molecule has 0 bridgehead atoms. The second kappa shape index (κ2) is 6.80. The molecule has 0 saturated carbocycles. The second-order valence-electron chi connectivity index (χ2n) is 4.62. The highest BCUT2D eigenvalue weighted by Gasteiger charge is 2.04. The van der Waals surface area contributed by atoms with Crippen LogP contribution in [0.25, 0.3) is 11.3 Å². The second-order valence-corrected chi connectivity index (χ2v) is 5.48. The maximum Gasteiger partial charge on any atom is 0.269 e. The normalized spacial score (nSPS) is 10.8. The van der Waals surface area contributed by atoms with Gasteiger partial charge in [0.1, 0.15) is 0 Å². The average Bonchev–Trinajstić information content (AvgIpc) is 3.05. The van der Waals surface area contributed by atoms with Crippen molar-refractivity contribution in [3.05, 3.63) is 75.7 Å². The molecule has 0 aliphatic rings. The van der Waals surface area contributed by atoms with Crippen LogP contribution >= 0.6 is 11.3 Å². The lowest BCUT2D eigenvalue weighted by atomic mass is 10.2. The van der Waals surface area contributed by atoms with Crippen molar-refractivity contribution >= 4 is 28.4 Å². The van der Waals surface area contributed by atoms with E-state index in [1.807, 2.05) is 35.7 Å². The maximum absolute atomic E-state index is 10.6. The first-order valence-corrected chi connectivity index (χ1v) is 7.65. The number of aromatic nitrogens is 1. The lowest BCUT2D eigenvalue weighted by Gasteiger charge is -1.96. The molecule has 1 N–H and O–H groups in total. The quantitative estimate of drug-likeness (QED) is 0.434. The largest absolute Gasteiger partial charge is 0.269 e. The minimum atomic E-state index is -0.431. The summed E-state index contributed by atoms with van der Waals surface area (Å²) in [7, 11) is 0. The molecule has 0 saturated heterocycles. The van der Waals surface area contributed by atoms with Gasteiger partial charge in [-0.1, -0.05) is 30.3 Å². The zero-order chi connectivity index (χ0) is 16.1. The molecule has 6 nitrogen and oxygen atoms in total. The van der Waals surface area contributed by atoms with Crippen molar-refractivity contribution < 1.29 is 4.92 Å². The standard InChI is InChI=1S/C16H12N4O2S/c21-20(22)14-8-6-12(7-9-14)10-17-19-16-18-15(11-23-16)13-4-2-1-3-5-13/h1-11H,(H,18,19). The molecule has 3 rings (SSSR count). The molecule has 114 valence electrons. The lowest BCUT2D eigenvalue weighted by molar-refractivity contribution is -0.384. The van der Waals surface area contributed by atoms with Gasteiger partial charge in [0, 0.05) is 23.1 Å². The number of nitro benzene ring substituents is 1. The summed E-state index contributed by atoms with van der Waals surface area (Å²) in [5, 5.41) is 17.3. The van der Waals surface area contributed by atoms with Gasteiger partial charge >= 0.3 is 0 Å². The Morgan fingerprint density at radius 3 is 2.57 bits per heavy atom. The highest BCUT2D eigenvalue weighted by Crippen LogP contribution is 2.24. The van der Waals surface area contributed by atoms with Crippen LogP contribution in [-0.2, 0) is 0 Å². The van der Waals surface area contributed by atoms with Gasteiger partial charge in [-0.05, 0) is 17.7 Å². The molecule has 0 aliphatic heterocycles. The van der Waals surface area contributed by atoms with Gasteiger partial charge in [-0.2, -0.15) is 5.10 Å². The number of benzene rings is 2. The molecule has 7 heteroatoms. The number of nitrogens with zero attached hydrogens (tertiary/aromatic N) is 3. The topological polar surface area (TPSA) is 80.4 Å². The van der Waals surface area contributed by atoms with Crippen molar-refractivity contribution in [2.75, 3.05) is 5.43 Å². The van der Waals surface area contributed by atoms with Crippen LogP contribution in [0, 0.1) is 10.1 Å². The van der Waals surface area contributed by atoms with Crippen LogP contribution in [0.2, 0.25) is 0 Å². The summed E-state index contributed by atoms with van der Waals surface area (Å²) in [6.07, 6.45) is 1.59. The maximum atomic E-state index is 10.6. The lowest BCUT2D eigenvalue weighted by Crippen LogP contribution is -1.91. The first-order chi connectivity index (χ1) is 11.2. The van der Waals surface area contributed by atoms with E-state index in [1.54, 1.807) is 18.3 Å². The Bertz CT molecular complexity index is 829. The van der Waals surface area contributed by atoms with Crippen molar-refractivity contribution in [3.8, 4) is 11.3 Å². The third-order valence-corrected chi connectivity index (χ3v) is 3.80. The molecular weight excluding hydrogens is 312 g/mol. The monoisotopic (exact) mass is 324 g/mol. The number of hydrazone groups is 1. The zero-order valence-electron chi connectivity index (χ0n) is 11.9. The summed E-state index contributed by atoms with van der Waals surface area (Å²) < 4.78 is 0. The van der Waals surface area contributed by atoms with Gasteiger partial charge in [-0.15, -0.1) is 11.3 Å². The molecule has 0 unspecified atom stereocenters. The average molecular weight is 324 g/mol. The Morgan fingerprint density at radius 2 is 1.87 bits per heavy atom. The Hall–Kier alpha value is -3.06. The van der Waals surface area contributed by atoms with Crippen molar-refractivity contribution in [1.29, 1.82) is 0 Å². The van der Waals surface area contributed by atoms with Gasteiger partial charge in [0.05, 0.1) is 16.8 Å². The first-order valence-electron chi connectivity index (χ1n) is 6.77. The highest BCUT2D eigenvalue weighted by molar-refractivity contribution is 7.14. The first kappa shape index (κ1) is 14.9. The van der Waals surface area contributed by atoms with Gasteiger partial charge in [0.2, 0.25) is 5.13 Å². The fraction of sp³-hybridized carbons (Fsp3) is 0. The number of anilines is 1. The summed E-state index contributed by atoms with van der Waals surface area (Å²) >= 11 is 1.46. The summed E-state index contributed by atoms with van der Waals surface area (Å²) in [5.74, 6) is 0. The molecule has 1 aromatic heterocycles. The van der Waals surface area contributed by atoms with Crippen molar-refractivity contribution in [3.63, 3.8) is 0 Å². The summed E-state index contributed by atoms with van der Waals surface area (Å²) in [4.78, 5) is 14.6. The van der Waals surface area contributed by atoms with E-state index in [4.69, 9.17) is 0 Å². The molecule has 0 aliphatic carbocycles. The number of rotatable bonds is 5. The number of thiazole rings is 1. The predicted molar refractivity (Wildman–Crippen MR) is 91.9 cm³/mol. The van der Waals surface area contributed by atoms with Crippen molar-refractivity contribution in [2.45, 2.75) is 0 Å². The number of nitro groups is 1. The van der Waals surface area contributed by atoms with Crippen LogP contribution in [0.4, 0.5) is 10.8 Å². The molecule has 0 amide bonds. The SMILES string of the molecule is O=[N+]([O-])c1ccc(C=NNc2nc(-c3ccccc3)cs2)cc1. The van der Waals surface area contributed by atoms with Crippen molar-refractivity contribution in [2.24, 2.45) is 5.10 Å². The Labute approximate surface area is 136 Å². The van der Waals surface area contributed by atoms with Crippen LogP contribution in [0.1, 0.15) is 5.56 Å². The highest BCUT2D eigenvalue weighted by atomic mass is 32.1. The van der Waals surface area contributed by atoms with E-state index in [0.717, 1.165) is 16.8 Å². The summed E-state index contributed by atoms with van der Waals surface area (Å²) in [6.45, 7) is 0. The van der Waals surface area contributed by atoms with Crippen LogP contribution in [0.15, 0.2) is 65.1 Å². The van der Waals surface area contributed by atoms with Crippen LogP contribution in [-0.4, -0.2) is 16.1 Å². The zero-order valence-corrected chi connectivity index (χ0v) is 12.7. The van der Waals surface area contributed by atoms with E-state index in [0.29, 0.717) is 5.13 Å². The molecular formula is C16H12N4O2S. The predicted octanol–water partition coefficient (Wildman–Crippen LogP) is 4.16. The molecule has 0 spiro atoms. The molecule has 1 heterocycles. The van der Waals surface area contributed by atoms with E-state index in [9.17, 15) is 10.1 Å². The molecule has 23 heavy (non-hydrogen) atoms. The van der Waals surface area contributed by atoms with E-state index in [-0.39, 0.29) is 5.69 Å². The fourth-order valence-electron chi connectivity index (χ4n) is 1.91. The third-order valence-electron chi connectivity index (χ3n) is 3.05. The van der Waals surface area contributed by atoms with E-state index in [2.05, 4.69) is 15.5 Å². The van der Waals surface area contributed by atoms with E-state index in [1.165, 1.54) is 23.5 Å². The fourth-order valence-corrected chi connectivity index (χ4v) is 2.58. The van der Waals surface area contributed by atoms with Crippen LogP contribution in [0.3, 0.4) is 0 Å². The van der Waals surface area contributed by atoms with Crippen molar-refractivity contribution in [1.82, 2.24) is 4.98 Å². The number of nitrogens with one attached hydrogen (secondary N) is 1. The van der Waals surface area contributed by atoms with Crippen LogP contribution < -0.4 is 5.43 Å². The summed E-state index contributed by atoms with van der Waals surface area (Å²) in [5.41, 5.74) is 5.63. The van der Waals surface area contributed by atoms with E-state index >= 15 is 0 Å². The Morgan fingerprint density at radius 1 is 1.13 bits per heavy atom. The smallest absolute Gasteiger partial charge is 0.258 e. The van der Waals surface area contributed by atoms with Gasteiger partial charge in [-0.25, -0.2) is 4.98 Å². The molecule has 0 atom stereocenters. The number of hydrogen-bond donors (Lipinski definition) is 1. The molecule has 0 fully saturated rings. The Kier molecular flexibility index (Phi) is 4.39. The molecule has 2 aromatic carbocycles. The van der Waals surface area contributed by atoms with Gasteiger partial charge < -0.3 is 0 Å². The summed E-state index contributed by atoms with van der Waals surface area (Å²) in [6, 6.07) is 16.1. The van der Waals surface area contributed by atoms with Crippen LogP contribution in [0.5, 0.6) is 0 Å². The number of non-ortho nitro benzene ring substituents is 1. The minimum Gasteiger partial charge on any atom is -0.258 e. The Balaban J connectivity index is 1.64. The van der Waals surface area contributed by atoms with Gasteiger partial charge in [0.15, 0.2) is 0 Å². The van der Waals surface area contributed by atoms with Gasteiger partial charge in [-0.3, -0.25) is 15.5 Å². The van der Waals surface area contributed by atoms with E-state index < -0.39 is 4.92 Å². The van der Waals surface area contributed by atoms with Gasteiger partial charge in [0.25, 0.3) is 5.69 Å². The molecule has 0 radical (unpaired) electrons. The molecule has 3 aromatic rings.